The average Bonchev–Trinajstić information content (AvgIpc) is 2.82. The number of H-pyrrole nitrogens is 1. The molecule has 17 heavy (non-hydrogen) atoms. The standard InChI is InChI=1S/C11H11BrN4O/c1-16(7-10-13-4-5-14-10)11(17)8-2-3-9(12)15-6-8/h2-6H,7H2,1H3,(H,13,14). The van der Waals surface area contributed by atoms with Crippen LogP contribution in [0.5, 0.6) is 0 Å². The number of carbonyl (C=O) groups is 1. The zero-order valence-electron chi connectivity index (χ0n) is 9.22. The lowest BCUT2D eigenvalue weighted by molar-refractivity contribution is 0.0781. The fourth-order valence-electron chi connectivity index (χ4n) is 1.40. The number of hydrogen-bond donors (Lipinski definition) is 1. The van der Waals surface area contributed by atoms with Gasteiger partial charge in [-0.25, -0.2) is 9.97 Å². The van der Waals surface area contributed by atoms with E-state index in [1.165, 1.54) is 0 Å². The van der Waals surface area contributed by atoms with Crippen molar-refractivity contribution in [2.75, 3.05) is 7.05 Å². The predicted octanol–water partition coefficient (Wildman–Crippen LogP) is 1.84. The fraction of sp³-hybridized carbons (Fsp3) is 0.182. The molecule has 0 spiro atoms. The molecule has 0 fully saturated rings. The predicted molar refractivity (Wildman–Crippen MR) is 66.3 cm³/mol. The lowest BCUT2D eigenvalue weighted by Crippen LogP contribution is -2.26. The molecule has 0 saturated heterocycles. The highest BCUT2D eigenvalue weighted by Crippen LogP contribution is 2.09. The smallest absolute Gasteiger partial charge is 0.255 e. The molecule has 6 heteroatoms. The van der Waals surface area contributed by atoms with Crippen LogP contribution >= 0.6 is 15.9 Å². The van der Waals surface area contributed by atoms with Crippen molar-refractivity contribution in [1.82, 2.24) is 19.9 Å². The highest BCUT2D eigenvalue weighted by molar-refractivity contribution is 9.10. The van der Waals surface area contributed by atoms with Crippen LogP contribution in [-0.2, 0) is 6.54 Å². The number of amides is 1. The number of imidazole rings is 1. The lowest BCUT2D eigenvalue weighted by Gasteiger charge is -2.15. The Labute approximate surface area is 107 Å². The first-order valence-electron chi connectivity index (χ1n) is 5.02. The van der Waals surface area contributed by atoms with E-state index in [1.54, 1.807) is 42.7 Å². The third kappa shape index (κ3) is 2.91. The summed E-state index contributed by atoms with van der Waals surface area (Å²) in [6, 6.07) is 3.48. The van der Waals surface area contributed by atoms with E-state index in [0.29, 0.717) is 16.7 Å². The summed E-state index contributed by atoms with van der Waals surface area (Å²) in [4.78, 5) is 24.7. The molecular weight excluding hydrogens is 284 g/mol. The topological polar surface area (TPSA) is 61.9 Å². The maximum atomic E-state index is 12.0. The number of halogens is 1. The molecule has 0 unspecified atom stereocenters. The maximum Gasteiger partial charge on any atom is 0.255 e. The minimum absolute atomic E-state index is 0.0820. The second-order valence-corrected chi connectivity index (χ2v) is 4.38. The molecule has 0 aliphatic heterocycles. The van der Waals surface area contributed by atoms with E-state index in [2.05, 4.69) is 30.9 Å². The molecule has 0 aliphatic rings. The molecule has 2 aromatic rings. The van der Waals surface area contributed by atoms with Crippen molar-refractivity contribution >= 4 is 21.8 Å². The van der Waals surface area contributed by atoms with E-state index in [1.807, 2.05) is 0 Å². The zero-order chi connectivity index (χ0) is 12.3. The summed E-state index contributed by atoms with van der Waals surface area (Å²) < 4.78 is 0.711. The summed E-state index contributed by atoms with van der Waals surface area (Å²) in [6.07, 6.45) is 4.94. The largest absolute Gasteiger partial charge is 0.347 e. The molecule has 0 atom stereocenters. The Bertz CT molecular complexity index is 495. The van der Waals surface area contributed by atoms with Gasteiger partial charge in [0.15, 0.2) is 0 Å². The van der Waals surface area contributed by atoms with Gasteiger partial charge in [-0.2, -0.15) is 0 Å². The Kier molecular flexibility index (Phi) is 3.53. The van der Waals surface area contributed by atoms with Crippen LogP contribution in [0.4, 0.5) is 0 Å². The molecule has 1 amide bonds. The first-order valence-corrected chi connectivity index (χ1v) is 5.81. The normalized spacial score (nSPS) is 10.2. The SMILES string of the molecule is CN(Cc1ncc[nH]1)C(=O)c1ccc(Br)nc1. The first kappa shape index (κ1) is 11.8. The Hall–Kier alpha value is -1.69. The first-order chi connectivity index (χ1) is 8.16. The second-order valence-electron chi connectivity index (χ2n) is 3.57. The Balaban J connectivity index is 2.07. The number of carbonyl (C=O) groups excluding carboxylic acids is 1. The summed E-state index contributed by atoms with van der Waals surface area (Å²) in [5.41, 5.74) is 0.558. The van der Waals surface area contributed by atoms with Crippen LogP contribution in [0.15, 0.2) is 35.3 Å². The van der Waals surface area contributed by atoms with Crippen molar-refractivity contribution in [3.63, 3.8) is 0 Å². The van der Waals surface area contributed by atoms with Crippen LogP contribution in [0.1, 0.15) is 16.2 Å². The van der Waals surface area contributed by atoms with Gasteiger partial charge in [-0.05, 0) is 28.1 Å². The summed E-state index contributed by atoms with van der Waals surface area (Å²) in [7, 11) is 1.73. The molecule has 0 aromatic carbocycles. The quantitative estimate of drug-likeness (QED) is 0.879. The van der Waals surface area contributed by atoms with E-state index < -0.39 is 0 Å². The van der Waals surface area contributed by atoms with E-state index in [0.717, 1.165) is 5.82 Å². The summed E-state index contributed by atoms with van der Waals surface area (Å²) in [6.45, 7) is 0.446. The molecule has 0 bridgehead atoms. The molecule has 88 valence electrons. The number of nitrogens with zero attached hydrogens (tertiary/aromatic N) is 3. The summed E-state index contributed by atoms with van der Waals surface area (Å²) >= 11 is 3.23. The van der Waals surface area contributed by atoms with Gasteiger partial charge in [-0.3, -0.25) is 4.79 Å². The number of pyridine rings is 1. The van der Waals surface area contributed by atoms with Gasteiger partial charge < -0.3 is 9.88 Å². The number of nitrogens with one attached hydrogen (secondary N) is 1. The van der Waals surface area contributed by atoms with Crippen LogP contribution < -0.4 is 0 Å². The van der Waals surface area contributed by atoms with E-state index in [-0.39, 0.29) is 5.91 Å². The second kappa shape index (κ2) is 5.09. The molecule has 5 nitrogen and oxygen atoms in total. The van der Waals surface area contributed by atoms with Gasteiger partial charge in [-0.15, -0.1) is 0 Å². The van der Waals surface area contributed by atoms with Crippen molar-refractivity contribution in [1.29, 1.82) is 0 Å². The third-order valence-electron chi connectivity index (χ3n) is 2.26. The molecule has 0 aliphatic carbocycles. The van der Waals surface area contributed by atoms with Crippen LogP contribution in [0.3, 0.4) is 0 Å². The van der Waals surface area contributed by atoms with E-state index >= 15 is 0 Å². The molecule has 2 rings (SSSR count). The number of hydrogen-bond acceptors (Lipinski definition) is 3. The Morgan fingerprint density at radius 3 is 2.88 bits per heavy atom. The van der Waals surface area contributed by atoms with Gasteiger partial charge in [0.2, 0.25) is 0 Å². The monoisotopic (exact) mass is 294 g/mol. The molecular formula is C11H11BrN4O. The lowest BCUT2D eigenvalue weighted by atomic mass is 10.2. The number of aromatic amines is 1. The Morgan fingerprint density at radius 2 is 2.29 bits per heavy atom. The molecule has 2 heterocycles. The molecule has 0 radical (unpaired) electrons. The van der Waals surface area contributed by atoms with Crippen LogP contribution in [-0.4, -0.2) is 32.8 Å². The minimum Gasteiger partial charge on any atom is -0.347 e. The van der Waals surface area contributed by atoms with Gasteiger partial charge >= 0.3 is 0 Å². The van der Waals surface area contributed by atoms with Crippen LogP contribution in [0.25, 0.3) is 0 Å². The minimum atomic E-state index is -0.0820. The molecule has 0 saturated carbocycles. The van der Waals surface area contributed by atoms with Gasteiger partial charge in [0, 0.05) is 25.6 Å². The molecule has 2 aromatic heterocycles. The van der Waals surface area contributed by atoms with Crippen LogP contribution in [0, 0.1) is 0 Å². The number of rotatable bonds is 3. The average molecular weight is 295 g/mol. The van der Waals surface area contributed by atoms with Gasteiger partial charge in [0.1, 0.15) is 10.4 Å². The highest BCUT2D eigenvalue weighted by Gasteiger charge is 2.12. The maximum absolute atomic E-state index is 12.0. The number of aromatic nitrogens is 3. The highest BCUT2D eigenvalue weighted by atomic mass is 79.9. The van der Waals surface area contributed by atoms with Crippen LogP contribution in [0.2, 0.25) is 0 Å². The van der Waals surface area contributed by atoms with Crippen molar-refractivity contribution in [2.24, 2.45) is 0 Å². The summed E-state index contributed by atoms with van der Waals surface area (Å²) in [5.74, 6) is 0.673. The van der Waals surface area contributed by atoms with Crippen molar-refractivity contribution < 1.29 is 4.79 Å². The Morgan fingerprint density at radius 1 is 1.47 bits per heavy atom. The molecule has 1 N–H and O–H groups in total. The van der Waals surface area contributed by atoms with E-state index in [4.69, 9.17) is 0 Å². The van der Waals surface area contributed by atoms with Crippen molar-refractivity contribution in [3.05, 3.63) is 46.7 Å². The zero-order valence-corrected chi connectivity index (χ0v) is 10.8. The fourth-order valence-corrected chi connectivity index (χ4v) is 1.64. The van der Waals surface area contributed by atoms with E-state index in [9.17, 15) is 4.79 Å². The van der Waals surface area contributed by atoms with Gasteiger partial charge in [0.25, 0.3) is 5.91 Å². The van der Waals surface area contributed by atoms with Crippen molar-refractivity contribution in [2.45, 2.75) is 6.54 Å². The van der Waals surface area contributed by atoms with Gasteiger partial charge in [0.05, 0.1) is 12.1 Å². The third-order valence-corrected chi connectivity index (χ3v) is 2.73. The van der Waals surface area contributed by atoms with Gasteiger partial charge in [-0.1, -0.05) is 0 Å². The van der Waals surface area contributed by atoms with Crippen molar-refractivity contribution in [3.8, 4) is 0 Å². The summed E-state index contributed by atoms with van der Waals surface area (Å²) in [5, 5.41) is 0.